The van der Waals surface area contributed by atoms with Gasteiger partial charge in [-0.15, -0.1) is 0 Å². The number of hydrogen-bond acceptors (Lipinski definition) is 5. The molecule has 0 aliphatic carbocycles. The molecule has 2 amide bonds. The average molecular weight is 732 g/mol. The fourth-order valence-corrected chi connectivity index (χ4v) is 7.24. The molecular formula is C41H51BrN2O5. The van der Waals surface area contributed by atoms with Gasteiger partial charge < -0.3 is 18.6 Å². The molecule has 7 nitrogen and oxygen atoms in total. The third kappa shape index (κ3) is 8.94. The lowest BCUT2D eigenvalue weighted by Crippen LogP contribution is -2.31. The van der Waals surface area contributed by atoms with Crippen molar-refractivity contribution in [3.8, 4) is 11.3 Å². The van der Waals surface area contributed by atoms with E-state index in [2.05, 4.69) is 29.8 Å². The first kappa shape index (κ1) is 36.6. The molecule has 49 heavy (non-hydrogen) atoms. The second-order valence-electron chi connectivity index (χ2n) is 13.3. The molecule has 1 aromatic carbocycles. The van der Waals surface area contributed by atoms with Crippen LogP contribution in [-0.4, -0.2) is 41.0 Å². The van der Waals surface area contributed by atoms with Gasteiger partial charge in [0.25, 0.3) is 11.8 Å². The molecule has 5 rings (SSSR count). The highest BCUT2D eigenvalue weighted by atomic mass is 79.9. The summed E-state index contributed by atoms with van der Waals surface area (Å²) in [6.07, 6.45) is 19.2. The van der Waals surface area contributed by atoms with E-state index < -0.39 is 0 Å². The summed E-state index contributed by atoms with van der Waals surface area (Å²) in [5, 5.41) is 0. The first-order valence-electron chi connectivity index (χ1n) is 18.5. The van der Waals surface area contributed by atoms with Gasteiger partial charge in [-0.2, -0.15) is 0 Å². The molecule has 8 heteroatoms. The first-order valence-corrected chi connectivity index (χ1v) is 19.3. The van der Waals surface area contributed by atoms with E-state index in [-0.39, 0.29) is 11.8 Å². The van der Waals surface area contributed by atoms with Gasteiger partial charge >= 0.3 is 0 Å². The van der Waals surface area contributed by atoms with Crippen LogP contribution in [0.5, 0.6) is 0 Å². The summed E-state index contributed by atoms with van der Waals surface area (Å²) in [6, 6.07) is 14.5. The van der Waals surface area contributed by atoms with Gasteiger partial charge in [-0.1, -0.05) is 128 Å². The van der Waals surface area contributed by atoms with Gasteiger partial charge in [0.2, 0.25) is 0 Å². The van der Waals surface area contributed by atoms with Crippen molar-refractivity contribution in [3.05, 3.63) is 81.4 Å². The van der Waals surface area contributed by atoms with Gasteiger partial charge in [0.15, 0.2) is 16.2 Å². The van der Waals surface area contributed by atoms with E-state index in [9.17, 15) is 14.4 Å². The maximum Gasteiger partial charge on any atom is 0.261 e. The molecule has 0 saturated heterocycles. The third-order valence-corrected chi connectivity index (χ3v) is 10.1. The van der Waals surface area contributed by atoms with E-state index in [0.717, 1.165) is 50.4 Å². The van der Waals surface area contributed by atoms with E-state index in [1.165, 1.54) is 64.2 Å². The SMILES string of the molecule is CCCCCCCCCCN1C(=O)C2=C(c3ccc(-c4ccc(C=O)cc4)o3)N(CCCCCCCCCC)C(=O)C2=C1c1ccc(Br)o1. The molecule has 0 unspecified atom stereocenters. The second kappa shape index (κ2) is 18.4. The van der Waals surface area contributed by atoms with E-state index in [1.54, 1.807) is 28.0 Å². The zero-order valence-corrected chi connectivity index (χ0v) is 30.8. The topological polar surface area (TPSA) is 84.0 Å². The normalized spacial score (nSPS) is 14.6. The number of hydrogen-bond donors (Lipinski definition) is 0. The van der Waals surface area contributed by atoms with Gasteiger partial charge in [0.1, 0.15) is 23.4 Å². The average Bonchev–Trinajstić information content (AvgIpc) is 3.89. The van der Waals surface area contributed by atoms with Crippen molar-refractivity contribution in [3.63, 3.8) is 0 Å². The highest BCUT2D eigenvalue weighted by Crippen LogP contribution is 2.48. The van der Waals surface area contributed by atoms with Crippen LogP contribution in [0.2, 0.25) is 0 Å². The highest BCUT2D eigenvalue weighted by molar-refractivity contribution is 9.10. The minimum Gasteiger partial charge on any atom is -0.455 e. The van der Waals surface area contributed by atoms with Crippen LogP contribution in [-0.2, 0) is 9.59 Å². The van der Waals surface area contributed by atoms with E-state index >= 15 is 0 Å². The molecular weight excluding hydrogens is 680 g/mol. The lowest BCUT2D eigenvalue weighted by atomic mass is 10.1. The van der Waals surface area contributed by atoms with Crippen molar-refractivity contribution in [2.24, 2.45) is 0 Å². The summed E-state index contributed by atoms with van der Waals surface area (Å²) in [7, 11) is 0. The van der Waals surface area contributed by atoms with Crippen LogP contribution in [0.4, 0.5) is 0 Å². The van der Waals surface area contributed by atoms with Gasteiger partial charge in [0, 0.05) is 24.2 Å². The Morgan fingerprint density at radius 2 is 0.980 bits per heavy atom. The van der Waals surface area contributed by atoms with Crippen LogP contribution in [0.15, 0.2) is 73.2 Å². The summed E-state index contributed by atoms with van der Waals surface area (Å²) >= 11 is 3.43. The Balaban J connectivity index is 1.43. The maximum absolute atomic E-state index is 14.5. The summed E-state index contributed by atoms with van der Waals surface area (Å²) in [4.78, 5) is 43.6. The molecule has 0 bridgehead atoms. The molecule has 2 aliphatic rings. The number of benzene rings is 1. The minimum atomic E-state index is -0.185. The molecule has 2 aliphatic heterocycles. The number of unbranched alkanes of at least 4 members (excludes halogenated alkanes) is 14. The number of carbonyl (C=O) groups is 3. The Kier molecular flexibility index (Phi) is 13.7. The van der Waals surface area contributed by atoms with Crippen molar-refractivity contribution in [2.75, 3.05) is 13.1 Å². The third-order valence-electron chi connectivity index (χ3n) is 9.63. The van der Waals surface area contributed by atoms with Gasteiger partial charge in [-0.05, 0) is 53.0 Å². The molecule has 2 aromatic heterocycles. The van der Waals surface area contributed by atoms with Crippen molar-refractivity contribution < 1.29 is 23.2 Å². The van der Waals surface area contributed by atoms with Gasteiger partial charge in [-0.3, -0.25) is 14.4 Å². The number of carbonyl (C=O) groups excluding carboxylic acids is 3. The highest BCUT2D eigenvalue weighted by Gasteiger charge is 2.50. The Morgan fingerprint density at radius 3 is 1.43 bits per heavy atom. The molecule has 3 aromatic rings. The van der Waals surface area contributed by atoms with E-state index in [4.69, 9.17) is 8.83 Å². The van der Waals surface area contributed by atoms with E-state index in [1.807, 2.05) is 30.3 Å². The number of aldehydes is 1. The Hall–Kier alpha value is -3.65. The van der Waals surface area contributed by atoms with Crippen molar-refractivity contribution in [2.45, 2.75) is 117 Å². The zero-order chi connectivity index (χ0) is 34.6. The Bertz CT molecular complexity index is 1630. The number of fused-ring (bicyclic) bond motifs is 1. The molecule has 0 radical (unpaired) electrons. The molecule has 0 fully saturated rings. The van der Waals surface area contributed by atoms with Crippen LogP contribution in [0, 0.1) is 0 Å². The molecule has 0 spiro atoms. The summed E-state index contributed by atoms with van der Waals surface area (Å²) in [5.74, 6) is 1.22. The standard InChI is InChI=1S/C41H51BrN2O5/c1-3-5-7-9-11-13-15-17-27-43-38(33-24-23-32(48-33)31-21-19-30(29-45)20-22-31)36-37(41(43)47)39(34-25-26-35(42)49-34)44(40(36)46)28-18-16-14-12-10-8-6-4-2/h19-26,29H,3-18,27-28H2,1-2H3. The summed E-state index contributed by atoms with van der Waals surface area (Å²) < 4.78 is 13.0. The number of nitrogens with zero attached hydrogens (tertiary/aromatic N) is 2. The molecule has 0 atom stereocenters. The Morgan fingerprint density at radius 1 is 0.551 bits per heavy atom. The quantitative estimate of drug-likeness (QED) is 0.0759. The van der Waals surface area contributed by atoms with Gasteiger partial charge in [0.05, 0.1) is 11.1 Å². The molecule has 0 saturated carbocycles. The minimum absolute atomic E-state index is 0.185. The largest absolute Gasteiger partial charge is 0.455 e. The first-order chi connectivity index (χ1) is 24.0. The van der Waals surface area contributed by atoms with Gasteiger partial charge in [-0.25, -0.2) is 0 Å². The number of halogens is 1. The van der Waals surface area contributed by atoms with Crippen molar-refractivity contribution >= 4 is 45.4 Å². The zero-order valence-electron chi connectivity index (χ0n) is 29.2. The molecule has 262 valence electrons. The maximum atomic E-state index is 14.5. The second-order valence-corrected chi connectivity index (χ2v) is 14.1. The van der Waals surface area contributed by atoms with Crippen LogP contribution < -0.4 is 0 Å². The predicted molar refractivity (Wildman–Crippen MR) is 198 cm³/mol. The van der Waals surface area contributed by atoms with Crippen molar-refractivity contribution in [1.29, 1.82) is 0 Å². The number of amides is 2. The number of rotatable bonds is 22. The monoisotopic (exact) mass is 730 g/mol. The van der Waals surface area contributed by atoms with E-state index in [0.29, 0.717) is 63.1 Å². The lowest BCUT2D eigenvalue weighted by molar-refractivity contribution is -0.124. The Labute approximate surface area is 299 Å². The number of furan rings is 2. The van der Waals surface area contributed by atoms with Crippen molar-refractivity contribution in [1.82, 2.24) is 9.80 Å². The summed E-state index contributed by atoms with van der Waals surface area (Å²) in [6.45, 7) is 5.47. The summed E-state index contributed by atoms with van der Waals surface area (Å²) in [5.41, 5.74) is 3.26. The van der Waals surface area contributed by atoms with Crippen LogP contribution in [0.1, 0.15) is 138 Å². The predicted octanol–water partition coefficient (Wildman–Crippen LogP) is 11.2. The van der Waals surface area contributed by atoms with Crippen LogP contribution >= 0.6 is 15.9 Å². The molecule has 0 N–H and O–H groups in total. The lowest BCUT2D eigenvalue weighted by Gasteiger charge is -2.23. The molecule has 4 heterocycles. The van der Waals surface area contributed by atoms with Crippen LogP contribution in [0.25, 0.3) is 22.7 Å². The van der Waals surface area contributed by atoms with Crippen LogP contribution in [0.3, 0.4) is 0 Å². The smallest absolute Gasteiger partial charge is 0.261 e. The fraction of sp³-hybridized carbons (Fsp3) is 0.488. The fourth-order valence-electron chi connectivity index (χ4n) is 6.93.